The van der Waals surface area contributed by atoms with E-state index in [0.717, 1.165) is 12.0 Å². The molecule has 3 atom stereocenters. The minimum absolute atomic E-state index is 0.0636. The normalized spacial score (nSPS) is 26.1. The minimum atomic E-state index is -1.00. The summed E-state index contributed by atoms with van der Waals surface area (Å²) >= 11 is 0. The maximum Gasteiger partial charge on any atom is 0.223 e. The van der Waals surface area contributed by atoms with Crippen LogP contribution < -0.4 is 5.32 Å². The van der Waals surface area contributed by atoms with Crippen molar-refractivity contribution in [1.29, 1.82) is 0 Å². The lowest BCUT2D eigenvalue weighted by molar-refractivity contribution is -0.123. The molecule has 0 radical (unpaired) electrons. The molecule has 0 saturated heterocycles. The lowest BCUT2D eigenvalue weighted by Crippen LogP contribution is -2.39. The van der Waals surface area contributed by atoms with Crippen LogP contribution in [0.1, 0.15) is 25.8 Å². The van der Waals surface area contributed by atoms with Gasteiger partial charge < -0.3 is 10.4 Å². The molecular weight excluding hydrogens is 214 g/mol. The highest BCUT2D eigenvalue weighted by molar-refractivity contribution is 5.81. The summed E-state index contributed by atoms with van der Waals surface area (Å²) in [6, 6.07) is 9.41. The van der Waals surface area contributed by atoms with Crippen LogP contribution in [0, 0.1) is 11.8 Å². The summed E-state index contributed by atoms with van der Waals surface area (Å²) < 4.78 is 0. The standard InChI is InChI=1S/C14H19NO2/c1-10-8-12(10)13(16)15-9-14(2,17)11-6-4-3-5-7-11/h3-7,10,12,17H,8-9H2,1-2H3,(H,15,16). The van der Waals surface area contributed by atoms with E-state index in [-0.39, 0.29) is 18.4 Å². The highest BCUT2D eigenvalue weighted by Gasteiger charge is 2.39. The van der Waals surface area contributed by atoms with E-state index in [1.807, 2.05) is 30.3 Å². The van der Waals surface area contributed by atoms with Crippen molar-refractivity contribution in [3.8, 4) is 0 Å². The van der Waals surface area contributed by atoms with E-state index in [0.29, 0.717) is 5.92 Å². The fraction of sp³-hybridized carbons (Fsp3) is 0.500. The van der Waals surface area contributed by atoms with E-state index < -0.39 is 5.60 Å². The number of carbonyl (C=O) groups excluding carboxylic acids is 1. The van der Waals surface area contributed by atoms with Gasteiger partial charge in [0.15, 0.2) is 0 Å². The van der Waals surface area contributed by atoms with E-state index >= 15 is 0 Å². The zero-order chi connectivity index (χ0) is 12.5. The molecule has 2 N–H and O–H groups in total. The molecule has 3 heteroatoms. The van der Waals surface area contributed by atoms with E-state index in [2.05, 4.69) is 12.2 Å². The molecule has 2 rings (SSSR count). The Morgan fingerprint density at radius 2 is 2.06 bits per heavy atom. The van der Waals surface area contributed by atoms with E-state index in [9.17, 15) is 9.90 Å². The zero-order valence-electron chi connectivity index (χ0n) is 10.3. The topological polar surface area (TPSA) is 49.3 Å². The third-order valence-electron chi connectivity index (χ3n) is 3.45. The molecule has 92 valence electrons. The van der Waals surface area contributed by atoms with Crippen molar-refractivity contribution < 1.29 is 9.90 Å². The van der Waals surface area contributed by atoms with Gasteiger partial charge in [-0.05, 0) is 24.8 Å². The monoisotopic (exact) mass is 233 g/mol. The van der Waals surface area contributed by atoms with Gasteiger partial charge in [-0.3, -0.25) is 4.79 Å². The van der Waals surface area contributed by atoms with Crippen LogP contribution in [0.25, 0.3) is 0 Å². The molecule has 0 aromatic heterocycles. The zero-order valence-corrected chi connectivity index (χ0v) is 10.3. The first-order valence-corrected chi connectivity index (χ1v) is 6.06. The maximum atomic E-state index is 11.7. The van der Waals surface area contributed by atoms with Gasteiger partial charge in [-0.2, -0.15) is 0 Å². The lowest BCUT2D eigenvalue weighted by Gasteiger charge is -2.24. The summed E-state index contributed by atoms with van der Waals surface area (Å²) in [5.41, 5.74) is -0.182. The van der Waals surface area contributed by atoms with Crippen molar-refractivity contribution in [2.24, 2.45) is 11.8 Å². The molecule has 1 saturated carbocycles. The van der Waals surface area contributed by atoms with Gasteiger partial charge >= 0.3 is 0 Å². The Morgan fingerprint density at radius 3 is 2.59 bits per heavy atom. The molecule has 17 heavy (non-hydrogen) atoms. The van der Waals surface area contributed by atoms with Crippen LogP contribution in [0.4, 0.5) is 0 Å². The predicted molar refractivity (Wildman–Crippen MR) is 66.3 cm³/mol. The van der Waals surface area contributed by atoms with Gasteiger partial charge in [-0.1, -0.05) is 37.3 Å². The van der Waals surface area contributed by atoms with Crippen LogP contribution in [-0.2, 0) is 10.4 Å². The van der Waals surface area contributed by atoms with Crippen LogP contribution in [-0.4, -0.2) is 17.6 Å². The summed E-state index contributed by atoms with van der Waals surface area (Å²) in [7, 11) is 0. The summed E-state index contributed by atoms with van der Waals surface area (Å²) in [6.07, 6.45) is 0.972. The van der Waals surface area contributed by atoms with Crippen LogP contribution >= 0.6 is 0 Å². The number of nitrogens with one attached hydrogen (secondary N) is 1. The largest absolute Gasteiger partial charge is 0.384 e. The summed E-state index contributed by atoms with van der Waals surface area (Å²) in [4.78, 5) is 11.7. The van der Waals surface area contributed by atoms with Crippen molar-refractivity contribution in [3.05, 3.63) is 35.9 Å². The molecule has 0 aliphatic heterocycles. The van der Waals surface area contributed by atoms with Crippen LogP contribution in [0.3, 0.4) is 0 Å². The van der Waals surface area contributed by atoms with Gasteiger partial charge in [0.1, 0.15) is 5.60 Å². The third kappa shape index (κ3) is 2.86. The second-order valence-electron chi connectivity index (χ2n) is 5.18. The third-order valence-corrected chi connectivity index (χ3v) is 3.45. The lowest BCUT2D eigenvalue weighted by atomic mass is 9.96. The Bertz CT molecular complexity index is 400. The van der Waals surface area contributed by atoms with Crippen LogP contribution in [0.5, 0.6) is 0 Å². The molecule has 1 fully saturated rings. The average Bonchev–Trinajstić information content (AvgIpc) is 3.05. The first-order chi connectivity index (χ1) is 8.00. The van der Waals surface area contributed by atoms with Crippen LogP contribution in [0.15, 0.2) is 30.3 Å². The molecule has 3 unspecified atom stereocenters. The first-order valence-electron chi connectivity index (χ1n) is 6.06. The Kier molecular flexibility index (Phi) is 3.20. The Labute approximate surface area is 102 Å². The molecule has 3 nitrogen and oxygen atoms in total. The molecule has 1 amide bonds. The molecule has 1 aliphatic carbocycles. The molecule has 0 bridgehead atoms. The van der Waals surface area contributed by atoms with E-state index in [4.69, 9.17) is 0 Å². The minimum Gasteiger partial charge on any atom is -0.384 e. The molecule has 0 heterocycles. The fourth-order valence-corrected chi connectivity index (χ4v) is 1.98. The second-order valence-corrected chi connectivity index (χ2v) is 5.18. The number of hydrogen-bond donors (Lipinski definition) is 2. The van der Waals surface area contributed by atoms with Gasteiger partial charge in [0.25, 0.3) is 0 Å². The summed E-state index contributed by atoms with van der Waals surface area (Å²) in [6.45, 7) is 4.05. The first kappa shape index (κ1) is 12.1. The Balaban J connectivity index is 1.91. The van der Waals surface area contributed by atoms with Gasteiger partial charge in [0, 0.05) is 5.92 Å². The van der Waals surface area contributed by atoms with E-state index in [1.165, 1.54) is 0 Å². The summed E-state index contributed by atoms with van der Waals surface area (Å²) in [5, 5.41) is 13.1. The molecule has 1 aliphatic rings. The highest BCUT2D eigenvalue weighted by atomic mass is 16.3. The van der Waals surface area contributed by atoms with Crippen molar-refractivity contribution in [1.82, 2.24) is 5.32 Å². The Morgan fingerprint density at radius 1 is 1.47 bits per heavy atom. The number of amides is 1. The van der Waals surface area contributed by atoms with Crippen molar-refractivity contribution in [3.63, 3.8) is 0 Å². The molecular formula is C14H19NO2. The average molecular weight is 233 g/mol. The molecule has 1 aromatic rings. The molecule has 0 spiro atoms. The number of rotatable bonds is 4. The predicted octanol–water partition coefficient (Wildman–Crippen LogP) is 1.67. The SMILES string of the molecule is CC1CC1C(=O)NCC(C)(O)c1ccccc1. The quantitative estimate of drug-likeness (QED) is 0.831. The van der Waals surface area contributed by atoms with Gasteiger partial charge in [0.2, 0.25) is 5.91 Å². The highest BCUT2D eigenvalue weighted by Crippen LogP contribution is 2.37. The number of aliphatic hydroxyl groups is 1. The van der Waals surface area contributed by atoms with Gasteiger partial charge in [-0.15, -0.1) is 0 Å². The Hall–Kier alpha value is -1.35. The van der Waals surface area contributed by atoms with Crippen molar-refractivity contribution >= 4 is 5.91 Å². The van der Waals surface area contributed by atoms with Gasteiger partial charge in [0.05, 0.1) is 6.54 Å². The maximum absolute atomic E-state index is 11.7. The van der Waals surface area contributed by atoms with Gasteiger partial charge in [-0.25, -0.2) is 0 Å². The van der Waals surface area contributed by atoms with Crippen LogP contribution in [0.2, 0.25) is 0 Å². The fourth-order valence-electron chi connectivity index (χ4n) is 1.98. The second kappa shape index (κ2) is 4.49. The number of hydrogen-bond acceptors (Lipinski definition) is 2. The van der Waals surface area contributed by atoms with Crippen molar-refractivity contribution in [2.75, 3.05) is 6.54 Å². The number of benzene rings is 1. The van der Waals surface area contributed by atoms with E-state index in [1.54, 1.807) is 6.92 Å². The van der Waals surface area contributed by atoms with Crippen molar-refractivity contribution in [2.45, 2.75) is 25.9 Å². The number of carbonyl (C=O) groups is 1. The molecule has 1 aromatic carbocycles. The smallest absolute Gasteiger partial charge is 0.223 e. The summed E-state index contributed by atoms with van der Waals surface area (Å²) in [5.74, 6) is 0.715.